The van der Waals surface area contributed by atoms with Gasteiger partial charge in [0.1, 0.15) is 0 Å². The summed E-state index contributed by atoms with van der Waals surface area (Å²) >= 11 is 0. The number of anilines is 1. The van der Waals surface area contributed by atoms with Gasteiger partial charge >= 0.3 is 6.18 Å². The van der Waals surface area contributed by atoms with E-state index >= 15 is 0 Å². The quantitative estimate of drug-likeness (QED) is 0.850. The van der Waals surface area contributed by atoms with Gasteiger partial charge in [0.05, 0.1) is 11.7 Å². The Morgan fingerprint density at radius 2 is 2.10 bits per heavy atom. The van der Waals surface area contributed by atoms with Crippen LogP contribution < -0.4 is 4.90 Å². The Balaban J connectivity index is 2.32. The van der Waals surface area contributed by atoms with Gasteiger partial charge in [0.15, 0.2) is 6.29 Å². The maximum Gasteiger partial charge on any atom is 0.417 e. The van der Waals surface area contributed by atoms with Crippen molar-refractivity contribution in [3.8, 4) is 0 Å². The number of aliphatic hydroxyl groups excluding tert-OH is 1. The summed E-state index contributed by atoms with van der Waals surface area (Å²) in [5.41, 5.74) is -0.917. The monoisotopic (exact) mass is 287 g/mol. The number of alkyl halides is 3. The second kappa shape index (κ2) is 5.44. The van der Waals surface area contributed by atoms with Crippen LogP contribution in [0.2, 0.25) is 0 Å². The fourth-order valence-corrected chi connectivity index (χ4v) is 2.37. The van der Waals surface area contributed by atoms with Crippen LogP contribution in [0.1, 0.15) is 29.3 Å². The summed E-state index contributed by atoms with van der Waals surface area (Å²) in [6, 6.07) is 3.64. The lowest BCUT2D eigenvalue weighted by Crippen LogP contribution is -2.43. The molecule has 0 spiro atoms. The predicted octanol–water partition coefficient (Wildman–Crippen LogP) is 2.73. The molecule has 0 saturated carbocycles. The Bertz CT molecular complexity index is 502. The summed E-state index contributed by atoms with van der Waals surface area (Å²) in [6.45, 7) is 2.81. The van der Waals surface area contributed by atoms with Gasteiger partial charge in [-0.05, 0) is 30.5 Å². The first-order chi connectivity index (χ1) is 9.32. The molecule has 1 fully saturated rings. The summed E-state index contributed by atoms with van der Waals surface area (Å²) in [6.07, 6.45) is -4.19. The molecule has 1 aromatic rings. The van der Waals surface area contributed by atoms with Crippen molar-refractivity contribution in [1.82, 2.24) is 0 Å². The Hall–Kier alpha value is -1.56. The molecular weight excluding hydrogens is 271 g/mol. The first-order valence-electron chi connectivity index (χ1n) is 6.42. The van der Waals surface area contributed by atoms with Gasteiger partial charge in [0.25, 0.3) is 0 Å². The van der Waals surface area contributed by atoms with Crippen molar-refractivity contribution < 1.29 is 23.1 Å². The molecule has 0 aliphatic carbocycles. The summed E-state index contributed by atoms with van der Waals surface area (Å²) in [5, 5.41) is 9.82. The zero-order valence-corrected chi connectivity index (χ0v) is 11.0. The Morgan fingerprint density at radius 3 is 2.65 bits per heavy atom. The van der Waals surface area contributed by atoms with Crippen molar-refractivity contribution in [1.29, 1.82) is 0 Å². The minimum atomic E-state index is -4.56. The van der Waals surface area contributed by atoms with E-state index < -0.39 is 17.8 Å². The van der Waals surface area contributed by atoms with Crippen LogP contribution in [-0.4, -0.2) is 30.6 Å². The van der Waals surface area contributed by atoms with E-state index in [0.717, 1.165) is 12.5 Å². The number of benzene rings is 1. The van der Waals surface area contributed by atoms with E-state index in [1.165, 1.54) is 12.1 Å². The molecule has 2 unspecified atom stereocenters. The van der Waals surface area contributed by atoms with E-state index in [0.29, 0.717) is 18.8 Å². The lowest BCUT2D eigenvalue weighted by atomic mass is 9.95. The number of hydrogen-bond acceptors (Lipinski definition) is 3. The molecule has 1 heterocycles. The lowest BCUT2D eigenvalue weighted by molar-refractivity contribution is -0.137. The molecule has 0 aromatic heterocycles. The van der Waals surface area contributed by atoms with Crippen LogP contribution >= 0.6 is 0 Å². The SMILES string of the molecule is CC1CCN(c2ccc(C=O)c(C(F)(F)F)c2)CC1O. The first kappa shape index (κ1) is 14.8. The molecule has 0 bridgehead atoms. The Kier molecular flexibility index (Phi) is 4.04. The molecule has 0 amide bonds. The molecular formula is C14H16F3NO2. The molecule has 1 N–H and O–H groups in total. The predicted molar refractivity (Wildman–Crippen MR) is 68.8 cm³/mol. The molecule has 110 valence electrons. The van der Waals surface area contributed by atoms with Gasteiger partial charge in [-0.25, -0.2) is 0 Å². The molecule has 2 rings (SSSR count). The molecule has 0 radical (unpaired) electrons. The smallest absolute Gasteiger partial charge is 0.391 e. The van der Waals surface area contributed by atoms with Crippen LogP contribution in [0.25, 0.3) is 0 Å². The molecule has 2 atom stereocenters. The van der Waals surface area contributed by atoms with E-state index in [1.54, 1.807) is 4.90 Å². The second-order valence-electron chi connectivity index (χ2n) is 5.17. The molecule has 6 heteroatoms. The first-order valence-corrected chi connectivity index (χ1v) is 6.42. The fourth-order valence-electron chi connectivity index (χ4n) is 2.37. The van der Waals surface area contributed by atoms with Gasteiger partial charge in [-0.2, -0.15) is 13.2 Å². The van der Waals surface area contributed by atoms with Crippen LogP contribution in [0.5, 0.6) is 0 Å². The van der Waals surface area contributed by atoms with Crippen molar-refractivity contribution in [2.45, 2.75) is 25.6 Å². The van der Waals surface area contributed by atoms with Crippen LogP contribution in [0.3, 0.4) is 0 Å². The number of carbonyl (C=O) groups excluding carboxylic acids is 1. The molecule has 3 nitrogen and oxygen atoms in total. The highest BCUT2D eigenvalue weighted by atomic mass is 19.4. The van der Waals surface area contributed by atoms with E-state index in [2.05, 4.69) is 0 Å². The van der Waals surface area contributed by atoms with Gasteiger partial charge in [-0.15, -0.1) is 0 Å². The second-order valence-corrected chi connectivity index (χ2v) is 5.17. The lowest BCUT2D eigenvalue weighted by Gasteiger charge is -2.36. The average molecular weight is 287 g/mol. The number of carbonyl (C=O) groups is 1. The third-order valence-corrected chi connectivity index (χ3v) is 3.75. The van der Waals surface area contributed by atoms with Crippen LogP contribution in [-0.2, 0) is 6.18 Å². The summed E-state index contributed by atoms with van der Waals surface area (Å²) in [4.78, 5) is 12.4. The van der Waals surface area contributed by atoms with Crippen molar-refractivity contribution in [3.05, 3.63) is 29.3 Å². The van der Waals surface area contributed by atoms with Crippen molar-refractivity contribution in [3.63, 3.8) is 0 Å². The van der Waals surface area contributed by atoms with Gasteiger partial charge < -0.3 is 10.0 Å². The zero-order chi connectivity index (χ0) is 14.9. The summed E-state index contributed by atoms with van der Waals surface area (Å²) in [5.74, 6) is 0.141. The van der Waals surface area contributed by atoms with E-state index in [9.17, 15) is 23.1 Å². The van der Waals surface area contributed by atoms with Crippen LogP contribution in [0.4, 0.5) is 18.9 Å². The summed E-state index contributed by atoms with van der Waals surface area (Å²) in [7, 11) is 0. The molecule has 1 aliphatic heterocycles. The maximum atomic E-state index is 12.9. The van der Waals surface area contributed by atoms with E-state index in [1.807, 2.05) is 6.92 Å². The number of rotatable bonds is 2. The van der Waals surface area contributed by atoms with E-state index in [4.69, 9.17) is 0 Å². The highest BCUT2D eigenvalue weighted by Gasteiger charge is 2.34. The normalized spacial score (nSPS) is 23.8. The highest BCUT2D eigenvalue weighted by molar-refractivity contribution is 5.79. The largest absolute Gasteiger partial charge is 0.417 e. The number of halogens is 3. The minimum absolute atomic E-state index is 0.141. The third kappa shape index (κ3) is 2.95. The number of β-amino-alcohol motifs (C(OH)–C–C–N with tert-alkyl or cyclic N) is 1. The average Bonchev–Trinajstić information content (AvgIpc) is 2.40. The Labute approximate surface area is 115 Å². The topological polar surface area (TPSA) is 40.5 Å². The van der Waals surface area contributed by atoms with Crippen molar-refractivity contribution >= 4 is 12.0 Å². The number of hydrogen-bond donors (Lipinski definition) is 1. The molecule has 1 saturated heterocycles. The zero-order valence-electron chi connectivity index (χ0n) is 11.0. The standard InChI is InChI=1S/C14H16F3NO2/c1-9-4-5-18(7-13(9)20)11-3-2-10(8-19)12(6-11)14(15,16)17/h2-3,6,8-9,13,20H,4-5,7H2,1H3. The van der Waals surface area contributed by atoms with Crippen LogP contribution in [0.15, 0.2) is 18.2 Å². The molecule has 1 aliphatic rings. The van der Waals surface area contributed by atoms with Crippen LogP contribution in [0, 0.1) is 5.92 Å². The molecule has 1 aromatic carbocycles. The third-order valence-electron chi connectivity index (χ3n) is 3.75. The number of aliphatic hydroxyl groups is 1. The minimum Gasteiger partial charge on any atom is -0.391 e. The van der Waals surface area contributed by atoms with Gasteiger partial charge in [0, 0.05) is 24.3 Å². The number of piperidine rings is 1. The van der Waals surface area contributed by atoms with Crippen molar-refractivity contribution in [2.75, 3.05) is 18.0 Å². The number of nitrogens with zero attached hydrogens (tertiary/aromatic N) is 1. The summed E-state index contributed by atoms with van der Waals surface area (Å²) < 4.78 is 38.7. The van der Waals surface area contributed by atoms with Crippen molar-refractivity contribution in [2.24, 2.45) is 5.92 Å². The number of aldehydes is 1. The maximum absolute atomic E-state index is 12.9. The molecule has 20 heavy (non-hydrogen) atoms. The van der Waals surface area contributed by atoms with Gasteiger partial charge in [0.2, 0.25) is 0 Å². The highest BCUT2D eigenvalue weighted by Crippen LogP contribution is 2.35. The fraction of sp³-hybridized carbons (Fsp3) is 0.500. The van der Waals surface area contributed by atoms with E-state index in [-0.39, 0.29) is 17.8 Å². The van der Waals surface area contributed by atoms with Gasteiger partial charge in [-0.3, -0.25) is 4.79 Å². The Morgan fingerprint density at radius 1 is 1.40 bits per heavy atom. The van der Waals surface area contributed by atoms with Gasteiger partial charge in [-0.1, -0.05) is 6.92 Å².